The minimum absolute atomic E-state index is 0.0397. The maximum atomic E-state index is 11.7. The van der Waals surface area contributed by atoms with E-state index in [1.807, 2.05) is 36.8 Å². The van der Waals surface area contributed by atoms with Gasteiger partial charge in [0.15, 0.2) is 0 Å². The van der Waals surface area contributed by atoms with Crippen molar-refractivity contribution in [1.82, 2.24) is 10.0 Å². The van der Waals surface area contributed by atoms with Crippen molar-refractivity contribution in [1.29, 1.82) is 0 Å². The third kappa shape index (κ3) is 6.75. The molecule has 0 spiro atoms. The molecule has 0 unspecified atom stereocenters. The van der Waals surface area contributed by atoms with E-state index in [9.17, 15) is 18.0 Å². The van der Waals surface area contributed by atoms with Crippen molar-refractivity contribution in [2.24, 2.45) is 0 Å². The third-order valence-corrected chi connectivity index (χ3v) is 3.18. The highest BCUT2D eigenvalue weighted by atomic mass is 32.2. The molecule has 0 saturated heterocycles. The predicted octanol–water partition coefficient (Wildman–Crippen LogP) is 0.891. The second-order valence-electron chi connectivity index (χ2n) is 4.75. The quantitative estimate of drug-likeness (QED) is 0.751. The van der Waals surface area contributed by atoms with Crippen molar-refractivity contribution in [2.45, 2.75) is 20.3 Å². The zero-order valence-corrected chi connectivity index (χ0v) is 13.0. The van der Waals surface area contributed by atoms with Gasteiger partial charge >= 0.3 is 6.03 Å². The van der Waals surface area contributed by atoms with E-state index >= 15 is 0 Å². The zero-order valence-electron chi connectivity index (χ0n) is 12.2. The van der Waals surface area contributed by atoms with Gasteiger partial charge in [0.25, 0.3) is 0 Å². The molecule has 7 nitrogen and oxygen atoms in total. The van der Waals surface area contributed by atoms with Crippen LogP contribution in [-0.4, -0.2) is 33.2 Å². The van der Waals surface area contributed by atoms with E-state index in [1.54, 1.807) is 0 Å². The number of anilines is 1. The van der Waals surface area contributed by atoms with Crippen molar-refractivity contribution in [2.75, 3.05) is 18.1 Å². The summed E-state index contributed by atoms with van der Waals surface area (Å²) in [6, 6.07) is 5.22. The summed E-state index contributed by atoms with van der Waals surface area (Å²) in [6.07, 6.45) is 0.777. The lowest BCUT2D eigenvalue weighted by molar-refractivity contribution is -0.119. The highest BCUT2D eigenvalue weighted by molar-refractivity contribution is 7.89. The Morgan fingerprint density at radius 2 is 1.86 bits per heavy atom. The number of hydrogen-bond donors (Lipinski definition) is 3. The van der Waals surface area contributed by atoms with Crippen molar-refractivity contribution >= 4 is 27.6 Å². The molecule has 0 aliphatic heterocycles. The van der Waals surface area contributed by atoms with Crippen LogP contribution in [0.3, 0.4) is 0 Å². The highest BCUT2D eigenvalue weighted by Gasteiger charge is 2.09. The Morgan fingerprint density at radius 3 is 2.48 bits per heavy atom. The van der Waals surface area contributed by atoms with Gasteiger partial charge in [0, 0.05) is 18.7 Å². The fourth-order valence-electron chi connectivity index (χ4n) is 1.58. The minimum Gasteiger partial charge on any atom is -0.337 e. The second-order valence-corrected chi connectivity index (χ2v) is 6.50. The maximum Gasteiger partial charge on any atom is 0.319 e. The van der Waals surface area contributed by atoms with Crippen molar-refractivity contribution in [3.63, 3.8) is 0 Å². The molecule has 0 radical (unpaired) electrons. The van der Waals surface area contributed by atoms with Crippen LogP contribution in [0.2, 0.25) is 0 Å². The molecule has 3 amide bonds. The van der Waals surface area contributed by atoms with Gasteiger partial charge in [-0.3, -0.25) is 9.52 Å². The number of amides is 3. The fourth-order valence-corrected chi connectivity index (χ4v) is 2.10. The van der Waals surface area contributed by atoms with E-state index in [0.717, 1.165) is 17.4 Å². The molecular weight excluding hydrogens is 294 g/mol. The maximum absolute atomic E-state index is 11.7. The first-order valence-electron chi connectivity index (χ1n) is 6.30. The van der Waals surface area contributed by atoms with Crippen molar-refractivity contribution < 1.29 is 18.0 Å². The van der Waals surface area contributed by atoms with Gasteiger partial charge in [0.2, 0.25) is 15.9 Å². The van der Waals surface area contributed by atoms with E-state index in [0.29, 0.717) is 5.69 Å². The number of hydrogen-bond acceptors (Lipinski definition) is 4. The van der Waals surface area contributed by atoms with Gasteiger partial charge in [-0.1, -0.05) is 12.1 Å². The Hall–Kier alpha value is -2.09. The van der Waals surface area contributed by atoms with Gasteiger partial charge in [0.1, 0.15) is 0 Å². The molecule has 1 aromatic rings. The van der Waals surface area contributed by atoms with E-state index < -0.39 is 22.0 Å². The molecular formula is C13H19N3O4S. The Bertz CT molecular complexity index is 641. The number of rotatable bonds is 5. The Kier molecular flexibility index (Phi) is 5.71. The van der Waals surface area contributed by atoms with Crippen LogP contribution >= 0.6 is 0 Å². The SMILES string of the molecule is Cc1ccc(C)c(NC(=O)NCCC(=O)NS(C)(=O)=O)c1. The van der Waals surface area contributed by atoms with Gasteiger partial charge in [-0.05, 0) is 31.0 Å². The molecule has 0 aromatic heterocycles. The van der Waals surface area contributed by atoms with E-state index in [1.165, 1.54) is 0 Å². The van der Waals surface area contributed by atoms with Gasteiger partial charge in [-0.25, -0.2) is 13.2 Å². The summed E-state index contributed by atoms with van der Waals surface area (Å²) >= 11 is 0. The van der Waals surface area contributed by atoms with Crippen LogP contribution in [0.25, 0.3) is 0 Å². The van der Waals surface area contributed by atoms with Crippen molar-refractivity contribution in [3.05, 3.63) is 29.3 Å². The Balaban J connectivity index is 2.41. The topological polar surface area (TPSA) is 104 Å². The lowest BCUT2D eigenvalue weighted by atomic mass is 10.1. The van der Waals surface area contributed by atoms with Gasteiger partial charge in [-0.15, -0.1) is 0 Å². The molecule has 0 heterocycles. The molecule has 0 aliphatic carbocycles. The van der Waals surface area contributed by atoms with Crippen LogP contribution in [0.1, 0.15) is 17.5 Å². The monoisotopic (exact) mass is 313 g/mol. The Labute approximate surface area is 124 Å². The van der Waals surface area contributed by atoms with Crippen LogP contribution in [0.5, 0.6) is 0 Å². The lowest BCUT2D eigenvalue weighted by Gasteiger charge is -2.10. The number of urea groups is 1. The van der Waals surface area contributed by atoms with E-state index in [2.05, 4.69) is 10.6 Å². The first-order chi connectivity index (χ1) is 9.67. The third-order valence-electron chi connectivity index (χ3n) is 2.58. The molecule has 1 rings (SSSR count). The predicted molar refractivity (Wildman–Crippen MR) is 80.5 cm³/mol. The highest BCUT2D eigenvalue weighted by Crippen LogP contribution is 2.15. The summed E-state index contributed by atoms with van der Waals surface area (Å²) in [5.41, 5.74) is 2.63. The Morgan fingerprint density at radius 1 is 1.19 bits per heavy atom. The van der Waals surface area contributed by atoms with Crippen LogP contribution in [0, 0.1) is 13.8 Å². The van der Waals surface area contributed by atoms with Crippen LogP contribution in [-0.2, 0) is 14.8 Å². The molecule has 0 fully saturated rings. The summed E-state index contributed by atoms with van der Waals surface area (Å²) in [7, 11) is -3.56. The van der Waals surface area contributed by atoms with Crippen molar-refractivity contribution in [3.8, 4) is 0 Å². The largest absolute Gasteiger partial charge is 0.337 e. The van der Waals surface area contributed by atoms with Gasteiger partial charge in [0.05, 0.1) is 6.26 Å². The molecule has 0 atom stereocenters. The fraction of sp³-hybridized carbons (Fsp3) is 0.385. The molecule has 0 aliphatic rings. The van der Waals surface area contributed by atoms with Crippen LogP contribution in [0.15, 0.2) is 18.2 Å². The summed E-state index contributed by atoms with van der Waals surface area (Å²) in [6.45, 7) is 3.82. The van der Waals surface area contributed by atoms with E-state index in [4.69, 9.17) is 0 Å². The lowest BCUT2D eigenvalue weighted by Crippen LogP contribution is -2.35. The summed E-state index contributed by atoms with van der Waals surface area (Å²) in [5, 5.41) is 5.16. The second kappa shape index (κ2) is 7.07. The van der Waals surface area contributed by atoms with Gasteiger partial charge in [-0.2, -0.15) is 0 Å². The first-order valence-corrected chi connectivity index (χ1v) is 8.19. The first kappa shape index (κ1) is 17.0. The number of aryl methyl sites for hydroxylation is 2. The minimum atomic E-state index is -3.56. The van der Waals surface area contributed by atoms with Crippen LogP contribution < -0.4 is 15.4 Å². The summed E-state index contributed by atoms with van der Waals surface area (Å²) in [4.78, 5) is 22.9. The number of carbonyl (C=O) groups excluding carboxylic acids is 2. The molecule has 0 bridgehead atoms. The molecule has 3 N–H and O–H groups in total. The molecule has 21 heavy (non-hydrogen) atoms. The zero-order chi connectivity index (χ0) is 16.0. The average Bonchev–Trinajstić information content (AvgIpc) is 2.31. The van der Waals surface area contributed by atoms with E-state index in [-0.39, 0.29) is 13.0 Å². The van der Waals surface area contributed by atoms with Crippen LogP contribution in [0.4, 0.5) is 10.5 Å². The standard InChI is InChI=1S/C13H19N3O4S/c1-9-4-5-10(2)11(8-9)15-13(18)14-7-6-12(17)16-21(3,19)20/h4-5,8H,6-7H2,1-3H3,(H,16,17)(H2,14,15,18). The molecule has 8 heteroatoms. The summed E-state index contributed by atoms with van der Waals surface area (Å²) < 4.78 is 23.5. The van der Waals surface area contributed by atoms with Gasteiger partial charge < -0.3 is 10.6 Å². The molecule has 0 saturated carbocycles. The average molecular weight is 313 g/mol. The number of nitrogens with one attached hydrogen (secondary N) is 3. The normalized spacial score (nSPS) is 10.8. The smallest absolute Gasteiger partial charge is 0.319 e. The number of sulfonamides is 1. The molecule has 116 valence electrons. The molecule has 1 aromatic carbocycles. The summed E-state index contributed by atoms with van der Waals surface area (Å²) in [5.74, 6) is -0.662. The number of benzene rings is 1. The number of carbonyl (C=O) groups is 2.